The zero-order valence-corrected chi connectivity index (χ0v) is 33.1. The SMILES string of the molecule is CC.CC.CCC1CC(C)C2c3ccccc3N(c3ccc(-c4ccc(-c5ccc(-c6ccc(CCC(=O)OC(C)(C)C)cc6)s5)s4)cc3)C12. The second-order valence-corrected chi connectivity index (χ2v) is 16.2. The predicted octanol–water partition coefficient (Wildman–Crippen LogP) is 13.8. The summed E-state index contributed by atoms with van der Waals surface area (Å²) in [5, 5.41) is 0. The van der Waals surface area contributed by atoms with Crippen LogP contribution in [0.1, 0.15) is 98.6 Å². The van der Waals surface area contributed by atoms with Gasteiger partial charge >= 0.3 is 5.97 Å². The van der Waals surface area contributed by atoms with E-state index in [1.165, 1.54) is 60.4 Å². The first-order chi connectivity index (χ1) is 24.2. The van der Waals surface area contributed by atoms with Gasteiger partial charge in [0.25, 0.3) is 0 Å². The molecule has 3 heterocycles. The van der Waals surface area contributed by atoms with Gasteiger partial charge in [0.1, 0.15) is 5.60 Å². The maximum absolute atomic E-state index is 12.1. The summed E-state index contributed by atoms with van der Waals surface area (Å²) >= 11 is 3.69. The average Bonchev–Trinajstić information content (AvgIpc) is 3.93. The average molecular weight is 706 g/mol. The standard InChI is InChI=1S/C41H43NO2S2.2C2H6/c1-6-28-25-26(2)39-32-9-7-8-10-33(32)42(40(28)39)31-18-16-30(17-19-31)35-21-23-37(46-35)36-22-20-34(45-36)29-14-11-27(12-15-29)13-24-38(43)44-41(3,4)5;2*1-2/h7-12,14-23,26,28,39-40H,6,13,24-25H2,1-5H3;2*1-2H3. The lowest BCUT2D eigenvalue weighted by Crippen LogP contribution is -2.32. The molecule has 0 radical (unpaired) electrons. The first-order valence-corrected chi connectivity index (χ1v) is 20.3. The zero-order chi connectivity index (χ0) is 36.0. The number of esters is 1. The Kier molecular flexibility index (Phi) is 12.5. The Balaban J connectivity index is 0.00000117. The van der Waals surface area contributed by atoms with Gasteiger partial charge in [-0.05, 0) is 110 Å². The maximum atomic E-state index is 12.1. The van der Waals surface area contributed by atoms with E-state index in [1.54, 1.807) is 0 Å². The Bertz CT molecular complexity index is 1830. The highest BCUT2D eigenvalue weighted by molar-refractivity contribution is 7.25. The molecule has 0 N–H and O–H groups in total. The second kappa shape index (κ2) is 16.6. The lowest BCUT2D eigenvalue weighted by atomic mass is 9.89. The highest BCUT2D eigenvalue weighted by Crippen LogP contribution is 2.57. The molecule has 3 aromatic carbocycles. The third-order valence-corrected chi connectivity index (χ3v) is 12.1. The molecular formula is C45H55NO2S2. The first-order valence-electron chi connectivity index (χ1n) is 18.7. The number of nitrogens with zero attached hydrogens (tertiary/aromatic N) is 1. The van der Waals surface area contributed by atoms with Gasteiger partial charge in [0, 0.05) is 49.3 Å². The first kappa shape index (κ1) is 37.6. The van der Waals surface area contributed by atoms with Crippen molar-refractivity contribution in [1.29, 1.82) is 0 Å². The number of carbonyl (C=O) groups is 1. The van der Waals surface area contributed by atoms with Crippen LogP contribution in [0.25, 0.3) is 30.6 Å². The van der Waals surface area contributed by atoms with Crippen LogP contribution in [0.5, 0.6) is 0 Å². The van der Waals surface area contributed by atoms with Crippen molar-refractivity contribution in [1.82, 2.24) is 0 Å². The van der Waals surface area contributed by atoms with Crippen LogP contribution in [0, 0.1) is 11.8 Å². The van der Waals surface area contributed by atoms with Crippen molar-refractivity contribution in [2.75, 3.05) is 4.90 Å². The summed E-state index contributed by atoms with van der Waals surface area (Å²) in [4.78, 5) is 19.9. The molecule has 1 saturated carbocycles. The normalized spacial score (nSPS) is 19.1. The highest BCUT2D eigenvalue weighted by Gasteiger charge is 2.50. The van der Waals surface area contributed by atoms with Gasteiger partial charge < -0.3 is 9.64 Å². The lowest BCUT2D eigenvalue weighted by Gasteiger charge is -2.31. The van der Waals surface area contributed by atoms with Crippen LogP contribution >= 0.6 is 22.7 Å². The molecule has 0 saturated heterocycles. The van der Waals surface area contributed by atoms with E-state index < -0.39 is 5.60 Å². The molecule has 5 heteroatoms. The second-order valence-electron chi connectivity index (χ2n) is 14.0. The van der Waals surface area contributed by atoms with Crippen LogP contribution in [0.4, 0.5) is 11.4 Å². The number of hydrogen-bond acceptors (Lipinski definition) is 5. The predicted molar refractivity (Wildman–Crippen MR) is 218 cm³/mol. The summed E-state index contributed by atoms with van der Waals surface area (Å²) in [7, 11) is 0. The van der Waals surface area contributed by atoms with Crippen molar-refractivity contribution in [3.63, 3.8) is 0 Å². The van der Waals surface area contributed by atoms with E-state index in [9.17, 15) is 4.79 Å². The van der Waals surface area contributed by atoms with Crippen molar-refractivity contribution in [2.45, 2.75) is 106 Å². The summed E-state index contributed by atoms with van der Waals surface area (Å²) in [5.74, 6) is 1.92. The maximum Gasteiger partial charge on any atom is 0.306 e. The van der Waals surface area contributed by atoms with E-state index in [4.69, 9.17) is 4.74 Å². The highest BCUT2D eigenvalue weighted by atomic mass is 32.1. The van der Waals surface area contributed by atoms with Crippen LogP contribution in [0.3, 0.4) is 0 Å². The summed E-state index contributed by atoms with van der Waals surface area (Å²) in [6.45, 7) is 18.5. The number of aryl methyl sites for hydroxylation is 1. The van der Waals surface area contributed by atoms with Crippen LogP contribution < -0.4 is 4.90 Å². The number of fused-ring (bicyclic) bond motifs is 3. The molecule has 2 aromatic heterocycles. The van der Waals surface area contributed by atoms with Crippen LogP contribution in [0.15, 0.2) is 97.1 Å². The summed E-state index contributed by atoms with van der Waals surface area (Å²) in [6.07, 6.45) is 3.64. The minimum Gasteiger partial charge on any atom is -0.460 e. The molecule has 1 aliphatic heterocycles. The number of rotatable bonds is 8. The fourth-order valence-electron chi connectivity index (χ4n) is 7.64. The summed E-state index contributed by atoms with van der Waals surface area (Å²) in [6, 6.07) is 36.5. The van der Waals surface area contributed by atoms with Gasteiger partial charge in [0.05, 0.1) is 0 Å². The number of anilines is 2. The van der Waals surface area contributed by atoms with E-state index >= 15 is 0 Å². The molecule has 0 amide bonds. The topological polar surface area (TPSA) is 29.5 Å². The fourth-order valence-corrected chi connectivity index (χ4v) is 9.75. The van der Waals surface area contributed by atoms with Gasteiger partial charge in [0.15, 0.2) is 0 Å². The quantitative estimate of drug-likeness (QED) is 0.151. The van der Waals surface area contributed by atoms with Crippen molar-refractivity contribution in [2.24, 2.45) is 11.8 Å². The van der Waals surface area contributed by atoms with Gasteiger partial charge in [-0.2, -0.15) is 0 Å². The largest absolute Gasteiger partial charge is 0.460 e. The van der Waals surface area contributed by atoms with Crippen molar-refractivity contribution < 1.29 is 9.53 Å². The number of para-hydroxylation sites is 1. The van der Waals surface area contributed by atoms with Crippen molar-refractivity contribution >= 4 is 40.0 Å². The molecule has 2 aliphatic rings. The Hall–Kier alpha value is -3.67. The summed E-state index contributed by atoms with van der Waals surface area (Å²) < 4.78 is 5.45. The molecule has 0 bridgehead atoms. The Morgan fingerprint density at radius 2 is 1.30 bits per heavy atom. The van der Waals surface area contributed by atoms with E-state index in [-0.39, 0.29) is 5.97 Å². The zero-order valence-electron chi connectivity index (χ0n) is 31.5. The number of benzene rings is 3. The molecule has 4 atom stereocenters. The van der Waals surface area contributed by atoms with Crippen molar-refractivity contribution in [3.05, 3.63) is 108 Å². The van der Waals surface area contributed by atoms with E-state index in [2.05, 4.69) is 116 Å². The molecule has 5 aromatic rings. The Labute approximate surface area is 309 Å². The third kappa shape index (κ3) is 8.11. The van der Waals surface area contributed by atoms with Gasteiger partial charge in [-0.25, -0.2) is 0 Å². The van der Waals surface area contributed by atoms with Gasteiger partial charge in [-0.15, -0.1) is 22.7 Å². The van der Waals surface area contributed by atoms with E-state index in [1.807, 2.05) is 71.1 Å². The summed E-state index contributed by atoms with van der Waals surface area (Å²) in [5.41, 5.74) is 7.43. The van der Waals surface area contributed by atoms with Gasteiger partial charge in [-0.1, -0.05) is 103 Å². The fraction of sp³-hybridized carbons (Fsp3) is 0.400. The smallest absolute Gasteiger partial charge is 0.306 e. The van der Waals surface area contributed by atoms with Crippen molar-refractivity contribution in [3.8, 4) is 30.6 Å². The lowest BCUT2D eigenvalue weighted by molar-refractivity contribution is -0.154. The van der Waals surface area contributed by atoms with Gasteiger partial charge in [0.2, 0.25) is 0 Å². The minimum atomic E-state index is -0.441. The third-order valence-electron chi connectivity index (χ3n) is 9.68. The van der Waals surface area contributed by atoms with E-state index in [0.29, 0.717) is 24.8 Å². The molecule has 7 rings (SSSR count). The van der Waals surface area contributed by atoms with Crippen LogP contribution in [-0.2, 0) is 16.0 Å². The van der Waals surface area contributed by atoms with E-state index in [0.717, 1.165) is 17.4 Å². The van der Waals surface area contributed by atoms with Crippen LogP contribution in [0.2, 0.25) is 0 Å². The molecular weight excluding hydrogens is 651 g/mol. The number of carbonyl (C=O) groups excluding carboxylic acids is 1. The minimum absolute atomic E-state index is 0.148. The monoisotopic (exact) mass is 705 g/mol. The van der Waals surface area contributed by atoms with Gasteiger partial charge in [-0.3, -0.25) is 4.79 Å². The Morgan fingerprint density at radius 3 is 1.86 bits per heavy atom. The molecule has 4 unspecified atom stereocenters. The molecule has 3 nitrogen and oxygen atoms in total. The molecule has 1 fully saturated rings. The molecule has 50 heavy (non-hydrogen) atoms. The molecule has 1 aliphatic carbocycles. The molecule has 264 valence electrons. The van der Waals surface area contributed by atoms with Crippen LogP contribution in [-0.4, -0.2) is 17.6 Å². The molecule has 0 spiro atoms. The number of hydrogen-bond donors (Lipinski definition) is 0. The number of thiophene rings is 2. The Morgan fingerprint density at radius 1 is 0.760 bits per heavy atom. The number of ether oxygens (including phenoxy) is 1.